The molecule has 1 saturated heterocycles. The number of hydrogen-bond acceptors (Lipinski definition) is 7. The Bertz CT molecular complexity index is 1080. The summed E-state index contributed by atoms with van der Waals surface area (Å²) in [5, 5.41) is 9.14. The number of amides is 3. The van der Waals surface area contributed by atoms with Gasteiger partial charge < -0.3 is 24.8 Å². The first-order valence-electron chi connectivity index (χ1n) is 11.3. The molecule has 2 aromatic rings. The normalized spacial score (nSPS) is 15.0. The van der Waals surface area contributed by atoms with Gasteiger partial charge in [-0.2, -0.15) is 5.10 Å². The smallest absolute Gasteiger partial charge is 0.329 e. The molecule has 1 aliphatic rings. The third-order valence-electron chi connectivity index (χ3n) is 5.15. The molecule has 0 spiro atoms. The quantitative estimate of drug-likeness (QED) is 0.285. The van der Waals surface area contributed by atoms with Crippen molar-refractivity contribution in [3.63, 3.8) is 0 Å². The number of nitrogens with zero attached hydrogens (tertiary/aromatic N) is 1. The van der Waals surface area contributed by atoms with Crippen molar-refractivity contribution < 1.29 is 28.6 Å². The number of anilines is 1. The number of carbonyl (C=O) groups is 3. The van der Waals surface area contributed by atoms with Gasteiger partial charge in [0.05, 0.1) is 19.4 Å². The number of carbonyl (C=O) groups excluding carboxylic acids is 3. The van der Waals surface area contributed by atoms with E-state index >= 15 is 0 Å². The summed E-state index contributed by atoms with van der Waals surface area (Å²) in [6.07, 6.45) is 3.12. The van der Waals surface area contributed by atoms with E-state index in [1.165, 1.54) is 13.3 Å². The van der Waals surface area contributed by atoms with Gasteiger partial charge in [0, 0.05) is 18.8 Å². The fraction of sp³-hybridized carbons (Fsp3) is 0.360. The van der Waals surface area contributed by atoms with Gasteiger partial charge in [-0.3, -0.25) is 14.4 Å². The Morgan fingerprint density at radius 2 is 1.86 bits per heavy atom. The Kier molecular flexibility index (Phi) is 9.19. The molecule has 3 amide bonds. The lowest BCUT2D eigenvalue weighted by Crippen LogP contribution is -2.41. The summed E-state index contributed by atoms with van der Waals surface area (Å²) in [5.74, 6) is -1.20. The molecule has 0 unspecified atom stereocenters. The number of nitrogens with one attached hydrogen (secondary N) is 3. The highest BCUT2D eigenvalue weighted by atomic mass is 16.5. The standard InChI is InChI=1S/C25H30N4O6/c1-16-9-17(2)11-19(10-16)28-23(30)15-35-21-7-6-18(12-22(21)33-3)13-27-29-25(32)24(31)26-14-20-5-4-8-34-20/h6-7,9-13,20H,4-5,8,14-15H2,1-3H3,(H,26,31)(H,28,30)(H,29,32)/b27-13-/t20-/m0/s1. The van der Waals surface area contributed by atoms with E-state index in [9.17, 15) is 14.4 Å². The zero-order valence-electron chi connectivity index (χ0n) is 20.1. The van der Waals surface area contributed by atoms with Crippen molar-refractivity contribution in [1.29, 1.82) is 0 Å². The van der Waals surface area contributed by atoms with Gasteiger partial charge >= 0.3 is 11.8 Å². The van der Waals surface area contributed by atoms with Gasteiger partial charge in [-0.25, -0.2) is 5.43 Å². The second-order valence-corrected chi connectivity index (χ2v) is 8.17. The molecular weight excluding hydrogens is 452 g/mol. The van der Waals surface area contributed by atoms with Gasteiger partial charge in [0.25, 0.3) is 5.91 Å². The summed E-state index contributed by atoms with van der Waals surface area (Å²) >= 11 is 0. The van der Waals surface area contributed by atoms with Crippen molar-refractivity contribution in [2.45, 2.75) is 32.8 Å². The molecule has 0 saturated carbocycles. The van der Waals surface area contributed by atoms with Crippen molar-refractivity contribution in [3.05, 3.63) is 53.1 Å². The van der Waals surface area contributed by atoms with E-state index in [0.717, 1.165) is 24.0 Å². The van der Waals surface area contributed by atoms with E-state index < -0.39 is 11.8 Å². The summed E-state index contributed by atoms with van der Waals surface area (Å²) in [7, 11) is 1.47. The highest BCUT2D eigenvalue weighted by molar-refractivity contribution is 6.35. The van der Waals surface area contributed by atoms with Crippen LogP contribution < -0.4 is 25.5 Å². The molecular formula is C25H30N4O6. The lowest BCUT2D eigenvalue weighted by molar-refractivity contribution is -0.139. The van der Waals surface area contributed by atoms with Crippen LogP contribution in [0.5, 0.6) is 11.5 Å². The molecule has 1 heterocycles. The van der Waals surface area contributed by atoms with Crippen molar-refractivity contribution in [3.8, 4) is 11.5 Å². The maximum atomic E-state index is 12.3. The Balaban J connectivity index is 1.48. The van der Waals surface area contributed by atoms with Crippen LogP contribution >= 0.6 is 0 Å². The van der Waals surface area contributed by atoms with Crippen molar-refractivity contribution >= 4 is 29.6 Å². The highest BCUT2D eigenvalue weighted by Crippen LogP contribution is 2.27. The monoisotopic (exact) mass is 482 g/mol. The summed E-state index contributed by atoms with van der Waals surface area (Å²) in [6.45, 7) is 4.68. The molecule has 1 fully saturated rings. The number of benzene rings is 2. The van der Waals surface area contributed by atoms with E-state index in [2.05, 4.69) is 21.2 Å². The average Bonchev–Trinajstić information content (AvgIpc) is 3.34. The van der Waals surface area contributed by atoms with Gasteiger partial charge in [-0.15, -0.1) is 0 Å². The van der Waals surface area contributed by atoms with Crippen molar-refractivity contribution in [1.82, 2.24) is 10.7 Å². The summed E-state index contributed by atoms with van der Waals surface area (Å²) < 4.78 is 16.3. The number of hydrogen-bond donors (Lipinski definition) is 3. The Hall–Kier alpha value is -3.92. The number of rotatable bonds is 9. The molecule has 3 N–H and O–H groups in total. The van der Waals surface area contributed by atoms with Gasteiger partial charge in [-0.1, -0.05) is 6.07 Å². The number of hydrazone groups is 1. The van der Waals surface area contributed by atoms with Crippen LogP contribution in [-0.2, 0) is 19.1 Å². The fourth-order valence-electron chi connectivity index (χ4n) is 3.58. The topological polar surface area (TPSA) is 127 Å². The highest BCUT2D eigenvalue weighted by Gasteiger charge is 2.19. The molecule has 1 aliphatic heterocycles. The van der Waals surface area contributed by atoms with Crippen LogP contribution in [0.1, 0.15) is 29.5 Å². The zero-order valence-corrected chi connectivity index (χ0v) is 20.1. The largest absolute Gasteiger partial charge is 0.493 e. The van der Waals surface area contributed by atoms with Crippen molar-refractivity contribution in [2.75, 3.05) is 32.2 Å². The lowest BCUT2D eigenvalue weighted by Gasteiger charge is -2.12. The molecule has 186 valence electrons. The van der Waals surface area contributed by atoms with E-state index in [1.54, 1.807) is 18.2 Å². The Morgan fingerprint density at radius 1 is 1.09 bits per heavy atom. The summed E-state index contributed by atoms with van der Waals surface area (Å²) in [5.41, 5.74) is 5.58. The summed E-state index contributed by atoms with van der Waals surface area (Å²) in [6, 6.07) is 10.7. The minimum atomic E-state index is -0.874. The minimum Gasteiger partial charge on any atom is -0.493 e. The van der Waals surface area contributed by atoms with Crippen LogP contribution in [0.25, 0.3) is 0 Å². The fourth-order valence-corrected chi connectivity index (χ4v) is 3.58. The third kappa shape index (κ3) is 8.11. The third-order valence-corrected chi connectivity index (χ3v) is 5.15. The van der Waals surface area contributed by atoms with Crippen LogP contribution in [0.4, 0.5) is 5.69 Å². The van der Waals surface area contributed by atoms with Crippen molar-refractivity contribution in [2.24, 2.45) is 5.10 Å². The van der Waals surface area contributed by atoms with Gasteiger partial charge in [0.2, 0.25) is 0 Å². The van der Waals surface area contributed by atoms with Gasteiger partial charge in [0.15, 0.2) is 18.1 Å². The molecule has 3 rings (SSSR count). The molecule has 35 heavy (non-hydrogen) atoms. The average molecular weight is 483 g/mol. The first kappa shape index (κ1) is 25.7. The molecule has 1 atom stereocenters. The second kappa shape index (κ2) is 12.5. The Labute approximate surface area is 204 Å². The maximum Gasteiger partial charge on any atom is 0.329 e. The van der Waals surface area contributed by atoms with E-state index in [0.29, 0.717) is 29.4 Å². The van der Waals surface area contributed by atoms with Crippen LogP contribution in [-0.4, -0.2) is 56.9 Å². The van der Waals surface area contributed by atoms with Gasteiger partial charge in [-0.05, 0) is 73.7 Å². The molecule has 10 heteroatoms. The minimum absolute atomic E-state index is 0.0544. The molecule has 0 aliphatic carbocycles. The molecule has 0 radical (unpaired) electrons. The van der Waals surface area contributed by atoms with E-state index in [-0.39, 0.29) is 25.2 Å². The molecule has 10 nitrogen and oxygen atoms in total. The predicted molar refractivity (Wildman–Crippen MR) is 131 cm³/mol. The van der Waals surface area contributed by atoms with Crippen LogP contribution in [0.3, 0.4) is 0 Å². The van der Waals surface area contributed by atoms with E-state index in [1.807, 2.05) is 32.0 Å². The number of methoxy groups -OCH3 is 1. The van der Waals surface area contributed by atoms with Crippen LogP contribution in [0.2, 0.25) is 0 Å². The first-order valence-corrected chi connectivity index (χ1v) is 11.3. The Morgan fingerprint density at radius 3 is 2.54 bits per heavy atom. The van der Waals surface area contributed by atoms with E-state index in [4.69, 9.17) is 14.2 Å². The van der Waals surface area contributed by atoms with Gasteiger partial charge in [0.1, 0.15) is 0 Å². The lowest BCUT2D eigenvalue weighted by atomic mass is 10.1. The predicted octanol–water partition coefficient (Wildman–Crippen LogP) is 2.07. The number of aryl methyl sites for hydroxylation is 2. The summed E-state index contributed by atoms with van der Waals surface area (Å²) in [4.78, 5) is 36.0. The SMILES string of the molecule is COc1cc(/C=N\NC(=O)C(=O)NC[C@@H]2CCCO2)ccc1OCC(=O)Nc1cc(C)cc(C)c1. The second-order valence-electron chi connectivity index (χ2n) is 8.17. The van der Waals surface area contributed by atoms with Crippen LogP contribution in [0.15, 0.2) is 41.5 Å². The zero-order chi connectivity index (χ0) is 25.2. The maximum absolute atomic E-state index is 12.3. The van der Waals surface area contributed by atoms with Crippen LogP contribution in [0, 0.1) is 13.8 Å². The number of ether oxygens (including phenoxy) is 3. The first-order chi connectivity index (χ1) is 16.8. The molecule has 2 aromatic carbocycles. The molecule has 0 bridgehead atoms. The molecule has 0 aromatic heterocycles.